The average molecular weight is 392 g/mol. The van der Waals surface area contributed by atoms with Crippen LogP contribution in [0.1, 0.15) is 5.56 Å². The van der Waals surface area contributed by atoms with Gasteiger partial charge in [-0.25, -0.2) is 4.99 Å². The molecule has 9 heteroatoms. The van der Waals surface area contributed by atoms with E-state index in [0.29, 0.717) is 49.2 Å². The lowest BCUT2D eigenvalue weighted by Gasteiger charge is -2.40. The molecule has 8 nitrogen and oxygen atoms in total. The minimum Gasteiger partial charge on any atom is -0.493 e. The first kappa shape index (κ1) is 19.4. The van der Waals surface area contributed by atoms with Crippen molar-refractivity contribution in [2.45, 2.75) is 4.99 Å². The standard InChI is InChI=1S/C18H24N4O4S/c1-24-14-5-4-12(10-15(14)25-2)18(27-3)20-11-13(16(19)23)17(21-18)22-6-8-26-9-7-22/h4-5,10-11,21H,6-9H2,1-3H3,(H2,19,23). The molecule has 27 heavy (non-hydrogen) atoms. The van der Waals surface area contributed by atoms with Crippen LogP contribution in [0.2, 0.25) is 0 Å². The monoisotopic (exact) mass is 392 g/mol. The van der Waals surface area contributed by atoms with Crippen LogP contribution in [-0.4, -0.2) is 63.8 Å². The van der Waals surface area contributed by atoms with Crippen LogP contribution in [0.3, 0.4) is 0 Å². The Morgan fingerprint density at radius 3 is 2.59 bits per heavy atom. The molecule has 1 saturated heterocycles. The van der Waals surface area contributed by atoms with Gasteiger partial charge in [0.05, 0.1) is 33.0 Å². The zero-order valence-corrected chi connectivity index (χ0v) is 16.5. The maximum absolute atomic E-state index is 12.0. The molecule has 0 bridgehead atoms. The molecule has 0 spiro atoms. The number of benzene rings is 1. The molecular weight excluding hydrogens is 368 g/mol. The maximum atomic E-state index is 12.0. The van der Waals surface area contributed by atoms with Crippen molar-refractivity contribution in [3.8, 4) is 11.5 Å². The highest BCUT2D eigenvalue weighted by molar-refractivity contribution is 7.99. The summed E-state index contributed by atoms with van der Waals surface area (Å²) in [5.41, 5.74) is 6.82. The predicted molar refractivity (Wildman–Crippen MR) is 105 cm³/mol. The first-order valence-electron chi connectivity index (χ1n) is 8.52. The predicted octanol–water partition coefficient (Wildman–Crippen LogP) is 0.880. The van der Waals surface area contributed by atoms with Gasteiger partial charge in [0.25, 0.3) is 5.91 Å². The summed E-state index contributed by atoms with van der Waals surface area (Å²) in [5.74, 6) is 1.40. The highest BCUT2D eigenvalue weighted by Crippen LogP contribution is 2.41. The zero-order valence-electron chi connectivity index (χ0n) is 15.7. The van der Waals surface area contributed by atoms with Crippen LogP contribution in [0.4, 0.5) is 0 Å². The number of thioether (sulfide) groups is 1. The van der Waals surface area contributed by atoms with Crippen molar-refractivity contribution in [3.63, 3.8) is 0 Å². The second kappa shape index (κ2) is 8.10. The molecule has 146 valence electrons. The van der Waals surface area contributed by atoms with E-state index in [2.05, 4.69) is 15.2 Å². The van der Waals surface area contributed by atoms with Crippen LogP contribution in [0.15, 0.2) is 34.6 Å². The van der Waals surface area contributed by atoms with E-state index in [1.165, 1.54) is 11.8 Å². The van der Waals surface area contributed by atoms with Crippen molar-refractivity contribution in [2.24, 2.45) is 10.7 Å². The topological polar surface area (TPSA) is 98.4 Å². The van der Waals surface area contributed by atoms with Crippen molar-refractivity contribution in [2.75, 3.05) is 46.8 Å². The number of rotatable bonds is 6. The highest BCUT2D eigenvalue weighted by Gasteiger charge is 2.38. The van der Waals surface area contributed by atoms with Gasteiger partial charge in [-0.05, 0) is 24.5 Å². The average Bonchev–Trinajstić information content (AvgIpc) is 2.73. The quantitative estimate of drug-likeness (QED) is 0.741. The van der Waals surface area contributed by atoms with E-state index in [1.54, 1.807) is 20.4 Å². The minimum atomic E-state index is -0.813. The Hall–Kier alpha value is -2.39. The summed E-state index contributed by atoms with van der Waals surface area (Å²) in [6, 6.07) is 5.64. The number of primary amides is 1. The number of carbonyl (C=O) groups excluding carboxylic acids is 1. The summed E-state index contributed by atoms with van der Waals surface area (Å²) >= 11 is 1.51. The van der Waals surface area contributed by atoms with Gasteiger partial charge in [0, 0.05) is 24.9 Å². The molecule has 1 unspecified atom stereocenters. The molecule has 0 aliphatic carbocycles. The fourth-order valence-electron chi connectivity index (χ4n) is 3.11. The molecule has 1 aromatic rings. The Morgan fingerprint density at radius 2 is 2.00 bits per heavy atom. The van der Waals surface area contributed by atoms with Crippen molar-refractivity contribution in [1.29, 1.82) is 0 Å². The van der Waals surface area contributed by atoms with Gasteiger partial charge in [0.2, 0.25) is 4.99 Å². The Bertz CT molecular complexity index is 777. The molecule has 1 atom stereocenters. The number of hydrogen-bond acceptors (Lipinski definition) is 8. The summed E-state index contributed by atoms with van der Waals surface area (Å²) in [4.78, 5) is 17.9. The number of hydrogen-bond donors (Lipinski definition) is 2. The van der Waals surface area contributed by atoms with E-state index in [0.717, 1.165) is 5.56 Å². The molecule has 1 aromatic carbocycles. The van der Waals surface area contributed by atoms with Gasteiger partial charge >= 0.3 is 0 Å². The van der Waals surface area contributed by atoms with Gasteiger partial charge in [-0.3, -0.25) is 4.79 Å². The summed E-state index contributed by atoms with van der Waals surface area (Å²) in [6.45, 7) is 2.53. The van der Waals surface area contributed by atoms with Gasteiger partial charge in [-0.2, -0.15) is 0 Å². The number of methoxy groups -OCH3 is 2. The lowest BCUT2D eigenvalue weighted by molar-refractivity contribution is -0.114. The van der Waals surface area contributed by atoms with Crippen LogP contribution in [0.25, 0.3) is 0 Å². The Morgan fingerprint density at radius 1 is 1.30 bits per heavy atom. The van der Waals surface area contributed by atoms with Crippen molar-refractivity contribution in [1.82, 2.24) is 10.2 Å². The fourth-order valence-corrected chi connectivity index (χ4v) is 3.83. The summed E-state index contributed by atoms with van der Waals surface area (Å²) in [6.07, 6.45) is 3.50. The smallest absolute Gasteiger partial charge is 0.253 e. The largest absolute Gasteiger partial charge is 0.493 e. The van der Waals surface area contributed by atoms with Crippen molar-refractivity contribution < 1.29 is 19.0 Å². The third-order valence-electron chi connectivity index (χ3n) is 4.58. The number of ether oxygens (including phenoxy) is 3. The van der Waals surface area contributed by atoms with E-state index < -0.39 is 10.9 Å². The van der Waals surface area contributed by atoms with Gasteiger partial charge in [-0.15, -0.1) is 11.8 Å². The number of carbonyl (C=O) groups is 1. The third-order valence-corrected chi connectivity index (χ3v) is 5.62. The highest BCUT2D eigenvalue weighted by atomic mass is 32.2. The van der Waals surface area contributed by atoms with Gasteiger partial charge in [-0.1, -0.05) is 0 Å². The number of nitrogens with two attached hydrogens (primary N) is 1. The zero-order chi connectivity index (χ0) is 19.4. The van der Waals surface area contributed by atoms with Gasteiger partial charge in [0.1, 0.15) is 5.82 Å². The lowest BCUT2D eigenvalue weighted by atomic mass is 10.1. The number of aliphatic imine (C=N–C) groups is 1. The normalized spacial score (nSPS) is 22.4. The van der Waals surface area contributed by atoms with Crippen molar-refractivity contribution >= 4 is 23.9 Å². The molecule has 2 aliphatic rings. The molecule has 3 N–H and O–H groups in total. The maximum Gasteiger partial charge on any atom is 0.253 e. The third kappa shape index (κ3) is 3.70. The molecule has 0 radical (unpaired) electrons. The van der Waals surface area contributed by atoms with Crippen LogP contribution >= 0.6 is 11.8 Å². The van der Waals surface area contributed by atoms with Crippen LogP contribution < -0.4 is 20.5 Å². The van der Waals surface area contributed by atoms with E-state index in [4.69, 9.17) is 19.9 Å². The van der Waals surface area contributed by atoms with Crippen LogP contribution in [0, 0.1) is 0 Å². The molecule has 3 rings (SSSR count). The summed E-state index contributed by atoms with van der Waals surface area (Å²) < 4.78 is 16.2. The van der Waals surface area contributed by atoms with E-state index >= 15 is 0 Å². The van der Waals surface area contributed by atoms with Crippen LogP contribution in [-0.2, 0) is 14.5 Å². The number of amides is 1. The van der Waals surface area contributed by atoms with Gasteiger partial charge in [0.15, 0.2) is 11.5 Å². The number of morpholine rings is 1. The Balaban J connectivity index is 2.02. The molecule has 1 fully saturated rings. The number of nitrogens with zero attached hydrogens (tertiary/aromatic N) is 2. The molecule has 0 aromatic heterocycles. The van der Waals surface area contributed by atoms with Crippen molar-refractivity contribution in [3.05, 3.63) is 35.2 Å². The number of nitrogens with one attached hydrogen (secondary N) is 1. The first-order chi connectivity index (χ1) is 13.0. The van der Waals surface area contributed by atoms with Crippen LogP contribution in [0.5, 0.6) is 11.5 Å². The first-order valence-corrected chi connectivity index (χ1v) is 9.75. The summed E-state index contributed by atoms with van der Waals surface area (Å²) in [7, 11) is 3.19. The Labute approximate surface area is 162 Å². The second-order valence-electron chi connectivity index (χ2n) is 6.03. The molecule has 2 aliphatic heterocycles. The summed E-state index contributed by atoms with van der Waals surface area (Å²) in [5, 5.41) is 3.44. The second-order valence-corrected chi connectivity index (χ2v) is 7.03. The molecule has 1 amide bonds. The van der Waals surface area contributed by atoms with E-state index in [9.17, 15) is 4.79 Å². The van der Waals surface area contributed by atoms with Gasteiger partial charge < -0.3 is 30.2 Å². The Kier molecular flexibility index (Phi) is 5.81. The molecular formula is C18H24N4O4S. The minimum absolute atomic E-state index is 0.363. The molecule has 2 heterocycles. The lowest BCUT2D eigenvalue weighted by Crippen LogP contribution is -2.50. The molecule has 0 saturated carbocycles. The van der Waals surface area contributed by atoms with E-state index in [-0.39, 0.29) is 0 Å². The SMILES string of the molecule is COc1ccc(C2(SC)N=CC(C(N)=O)=C(N3CCOCC3)N2)cc1OC. The van der Waals surface area contributed by atoms with E-state index in [1.807, 2.05) is 24.5 Å². The fraction of sp³-hybridized carbons (Fsp3) is 0.444.